The highest BCUT2D eigenvalue weighted by molar-refractivity contribution is 5.78. The molecule has 1 amide bonds. The molecule has 1 saturated heterocycles. The summed E-state index contributed by atoms with van der Waals surface area (Å²) in [6.07, 6.45) is 1.67. The number of aryl methyl sites for hydroxylation is 2. The van der Waals surface area contributed by atoms with Crippen LogP contribution in [-0.4, -0.2) is 33.7 Å². The second-order valence-electron chi connectivity index (χ2n) is 4.49. The van der Waals surface area contributed by atoms with Crippen molar-refractivity contribution in [3.63, 3.8) is 0 Å². The molecule has 0 aromatic carbocycles. The number of likely N-dealkylation sites (tertiary alicyclic amines) is 1. The van der Waals surface area contributed by atoms with Gasteiger partial charge >= 0.3 is 0 Å². The Bertz CT molecular complexity index is 424. The summed E-state index contributed by atoms with van der Waals surface area (Å²) in [5, 5.41) is 7.73. The summed E-state index contributed by atoms with van der Waals surface area (Å²) >= 11 is 0. The molecule has 0 atom stereocenters. The summed E-state index contributed by atoms with van der Waals surface area (Å²) < 4.78 is 1.86. The van der Waals surface area contributed by atoms with Gasteiger partial charge in [0.2, 0.25) is 5.91 Å². The Balaban J connectivity index is 2.21. The van der Waals surface area contributed by atoms with E-state index in [0.717, 1.165) is 36.6 Å². The average molecular weight is 236 g/mol. The highest BCUT2D eigenvalue weighted by Crippen LogP contribution is 2.23. The molecule has 1 aliphatic rings. The largest absolute Gasteiger partial charge is 0.370 e. The van der Waals surface area contributed by atoms with E-state index in [1.54, 1.807) is 0 Å². The highest BCUT2D eigenvalue weighted by atomic mass is 16.2. The number of amides is 1. The molecule has 1 aromatic rings. The number of hydrogen-bond donors (Lipinski definition) is 1. The zero-order valence-electron chi connectivity index (χ0n) is 10.8. The first-order valence-corrected chi connectivity index (χ1v) is 6.17. The Morgan fingerprint density at radius 1 is 1.47 bits per heavy atom. The lowest BCUT2D eigenvalue weighted by Gasteiger charge is -2.16. The van der Waals surface area contributed by atoms with E-state index in [4.69, 9.17) is 0 Å². The third-order valence-corrected chi connectivity index (χ3v) is 3.21. The van der Waals surface area contributed by atoms with E-state index in [0.29, 0.717) is 13.0 Å². The van der Waals surface area contributed by atoms with E-state index in [1.165, 1.54) is 0 Å². The number of carbonyl (C=O) groups excluding carboxylic acids is 1. The molecule has 0 aliphatic carbocycles. The first-order chi connectivity index (χ1) is 8.13. The maximum atomic E-state index is 11.6. The topological polar surface area (TPSA) is 50.2 Å². The van der Waals surface area contributed by atoms with Crippen LogP contribution in [0.1, 0.15) is 31.0 Å². The summed E-state index contributed by atoms with van der Waals surface area (Å²) in [6, 6.07) is 0. The number of aromatic nitrogens is 2. The van der Waals surface area contributed by atoms with Crippen LogP contribution in [0.4, 0.5) is 5.82 Å². The van der Waals surface area contributed by atoms with Crippen LogP contribution in [-0.2, 0) is 18.4 Å². The van der Waals surface area contributed by atoms with Crippen LogP contribution < -0.4 is 5.32 Å². The van der Waals surface area contributed by atoms with Gasteiger partial charge in [0, 0.05) is 32.1 Å². The molecule has 1 N–H and O–H groups in total. The molecule has 1 fully saturated rings. The lowest BCUT2D eigenvalue weighted by molar-refractivity contribution is -0.128. The Kier molecular flexibility index (Phi) is 3.36. The van der Waals surface area contributed by atoms with Gasteiger partial charge in [0.05, 0.1) is 12.2 Å². The quantitative estimate of drug-likeness (QED) is 0.857. The number of carbonyl (C=O) groups is 1. The fourth-order valence-electron chi connectivity index (χ4n) is 2.34. The van der Waals surface area contributed by atoms with Crippen molar-refractivity contribution in [2.45, 2.75) is 33.2 Å². The van der Waals surface area contributed by atoms with E-state index in [1.807, 2.05) is 23.6 Å². The van der Waals surface area contributed by atoms with Gasteiger partial charge in [-0.05, 0) is 20.3 Å². The zero-order valence-corrected chi connectivity index (χ0v) is 10.8. The molecule has 5 heteroatoms. The van der Waals surface area contributed by atoms with Crippen molar-refractivity contribution < 1.29 is 4.79 Å². The summed E-state index contributed by atoms with van der Waals surface area (Å²) in [5.41, 5.74) is 2.15. The van der Waals surface area contributed by atoms with E-state index < -0.39 is 0 Å². The molecule has 0 bridgehead atoms. The van der Waals surface area contributed by atoms with Gasteiger partial charge in [0.15, 0.2) is 0 Å². The van der Waals surface area contributed by atoms with Crippen LogP contribution >= 0.6 is 0 Å². The SMILES string of the molecule is CCNc1c(CN2CCCC2=O)c(C)nn1C. The van der Waals surface area contributed by atoms with Gasteiger partial charge in [0.1, 0.15) is 5.82 Å². The predicted molar refractivity (Wildman–Crippen MR) is 66.8 cm³/mol. The van der Waals surface area contributed by atoms with E-state index in [9.17, 15) is 4.79 Å². The fourth-order valence-corrected chi connectivity index (χ4v) is 2.34. The first kappa shape index (κ1) is 12.0. The van der Waals surface area contributed by atoms with Crippen molar-refractivity contribution in [3.8, 4) is 0 Å². The van der Waals surface area contributed by atoms with Gasteiger partial charge in [0.25, 0.3) is 0 Å². The second kappa shape index (κ2) is 4.77. The van der Waals surface area contributed by atoms with Crippen molar-refractivity contribution in [1.29, 1.82) is 0 Å². The number of nitrogens with zero attached hydrogens (tertiary/aromatic N) is 3. The van der Waals surface area contributed by atoms with Gasteiger partial charge in [-0.25, -0.2) is 0 Å². The normalized spacial score (nSPS) is 15.7. The molecule has 17 heavy (non-hydrogen) atoms. The van der Waals surface area contributed by atoms with Crippen LogP contribution in [0, 0.1) is 6.92 Å². The summed E-state index contributed by atoms with van der Waals surface area (Å²) in [5.74, 6) is 1.29. The molecule has 5 nitrogen and oxygen atoms in total. The van der Waals surface area contributed by atoms with E-state index in [-0.39, 0.29) is 5.91 Å². The van der Waals surface area contributed by atoms with Crippen LogP contribution in [0.3, 0.4) is 0 Å². The molecule has 0 radical (unpaired) electrons. The molecule has 1 aliphatic heterocycles. The maximum absolute atomic E-state index is 11.6. The monoisotopic (exact) mass is 236 g/mol. The summed E-state index contributed by atoms with van der Waals surface area (Å²) in [7, 11) is 1.93. The average Bonchev–Trinajstić information content (AvgIpc) is 2.78. The lowest BCUT2D eigenvalue weighted by atomic mass is 10.2. The maximum Gasteiger partial charge on any atom is 0.222 e. The Morgan fingerprint density at radius 2 is 2.24 bits per heavy atom. The smallest absolute Gasteiger partial charge is 0.222 e. The van der Waals surface area contributed by atoms with Gasteiger partial charge < -0.3 is 10.2 Å². The molecule has 0 saturated carbocycles. The minimum atomic E-state index is 0.260. The number of hydrogen-bond acceptors (Lipinski definition) is 3. The lowest BCUT2D eigenvalue weighted by Crippen LogP contribution is -2.24. The number of rotatable bonds is 4. The third kappa shape index (κ3) is 2.28. The van der Waals surface area contributed by atoms with Gasteiger partial charge in [-0.1, -0.05) is 0 Å². The molecule has 1 aromatic heterocycles. The Hall–Kier alpha value is -1.52. The van der Waals surface area contributed by atoms with Crippen LogP contribution in [0.2, 0.25) is 0 Å². The molecule has 2 rings (SSSR count). The number of nitrogens with one attached hydrogen (secondary N) is 1. The minimum Gasteiger partial charge on any atom is -0.370 e. The standard InChI is InChI=1S/C12H20N4O/c1-4-13-12-10(9(2)14-15(12)3)8-16-7-5-6-11(16)17/h13H,4-8H2,1-3H3. The van der Waals surface area contributed by atoms with Crippen LogP contribution in [0.15, 0.2) is 0 Å². The van der Waals surface area contributed by atoms with Gasteiger partial charge in [-0.3, -0.25) is 9.48 Å². The molecule has 2 heterocycles. The first-order valence-electron chi connectivity index (χ1n) is 6.17. The van der Waals surface area contributed by atoms with Crippen molar-refractivity contribution in [3.05, 3.63) is 11.3 Å². The fraction of sp³-hybridized carbons (Fsp3) is 0.667. The summed E-state index contributed by atoms with van der Waals surface area (Å²) in [4.78, 5) is 13.6. The van der Waals surface area contributed by atoms with E-state index in [2.05, 4.69) is 17.3 Å². The predicted octanol–water partition coefficient (Wildman–Crippen LogP) is 1.28. The van der Waals surface area contributed by atoms with Crippen LogP contribution in [0.25, 0.3) is 0 Å². The molecular weight excluding hydrogens is 216 g/mol. The van der Waals surface area contributed by atoms with E-state index >= 15 is 0 Å². The second-order valence-corrected chi connectivity index (χ2v) is 4.49. The zero-order chi connectivity index (χ0) is 12.4. The van der Waals surface area contributed by atoms with Crippen molar-refractivity contribution >= 4 is 11.7 Å². The third-order valence-electron chi connectivity index (χ3n) is 3.21. The Labute approximate surface area is 102 Å². The molecular formula is C12H20N4O. The summed E-state index contributed by atoms with van der Waals surface area (Å²) in [6.45, 7) is 6.48. The van der Waals surface area contributed by atoms with Crippen molar-refractivity contribution in [1.82, 2.24) is 14.7 Å². The van der Waals surface area contributed by atoms with Crippen LogP contribution in [0.5, 0.6) is 0 Å². The number of anilines is 1. The van der Waals surface area contributed by atoms with Gasteiger partial charge in [-0.15, -0.1) is 0 Å². The van der Waals surface area contributed by atoms with Crippen molar-refractivity contribution in [2.75, 3.05) is 18.4 Å². The Morgan fingerprint density at radius 3 is 2.82 bits per heavy atom. The van der Waals surface area contributed by atoms with Crippen molar-refractivity contribution in [2.24, 2.45) is 7.05 Å². The van der Waals surface area contributed by atoms with Gasteiger partial charge in [-0.2, -0.15) is 5.10 Å². The molecule has 0 unspecified atom stereocenters. The molecule has 94 valence electrons. The minimum absolute atomic E-state index is 0.260. The highest BCUT2D eigenvalue weighted by Gasteiger charge is 2.23. The molecule has 0 spiro atoms.